The lowest BCUT2D eigenvalue weighted by atomic mass is 10.1. The fraction of sp³-hybridized carbons (Fsp3) is 0. The van der Waals surface area contributed by atoms with Gasteiger partial charge in [0, 0.05) is 12.1 Å². The van der Waals surface area contributed by atoms with Crippen LogP contribution in [0.25, 0.3) is 0 Å². The SMILES string of the molecule is NC(=O)c1ccccc1NC(=O)c1cc([N+](=O)[O-])c(Cl)c([N+](=O)[O-])c1. The van der Waals surface area contributed by atoms with Gasteiger partial charge in [0.1, 0.15) is 0 Å². The van der Waals surface area contributed by atoms with Crippen molar-refractivity contribution in [2.24, 2.45) is 5.73 Å². The molecule has 0 aromatic heterocycles. The van der Waals surface area contributed by atoms with Gasteiger partial charge in [-0.05, 0) is 12.1 Å². The number of primary amides is 1. The Labute approximate surface area is 144 Å². The third-order valence-electron chi connectivity index (χ3n) is 3.13. The van der Waals surface area contributed by atoms with Gasteiger partial charge in [-0.15, -0.1) is 0 Å². The fourth-order valence-electron chi connectivity index (χ4n) is 1.99. The number of hydrogen-bond acceptors (Lipinski definition) is 6. The van der Waals surface area contributed by atoms with Crippen LogP contribution in [-0.4, -0.2) is 21.7 Å². The van der Waals surface area contributed by atoms with Gasteiger partial charge in [0.05, 0.1) is 26.7 Å². The molecule has 2 aromatic carbocycles. The van der Waals surface area contributed by atoms with E-state index in [0.717, 1.165) is 12.1 Å². The summed E-state index contributed by atoms with van der Waals surface area (Å²) >= 11 is 5.63. The van der Waals surface area contributed by atoms with Crippen molar-refractivity contribution in [1.29, 1.82) is 0 Å². The maximum absolute atomic E-state index is 12.3. The number of nitro benzene ring substituents is 2. The van der Waals surface area contributed by atoms with Crippen molar-refractivity contribution in [2.45, 2.75) is 0 Å². The van der Waals surface area contributed by atoms with E-state index in [1.165, 1.54) is 24.3 Å². The molecule has 0 aliphatic rings. The molecule has 0 bridgehead atoms. The number of hydrogen-bond donors (Lipinski definition) is 2. The lowest BCUT2D eigenvalue weighted by Gasteiger charge is -2.09. The smallest absolute Gasteiger partial charge is 0.295 e. The van der Waals surface area contributed by atoms with E-state index in [1.807, 2.05) is 0 Å². The van der Waals surface area contributed by atoms with Gasteiger partial charge < -0.3 is 11.1 Å². The Morgan fingerprint density at radius 2 is 1.56 bits per heavy atom. The Bertz CT molecular complexity index is 879. The molecule has 11 heteroatoms. The molecule has 0 fully saturated rings. The van der Waals surface area contributed by atoms with Crippen LogP contribution in [0.3, 0.4) is 0 Å². The molecule has 2 aromatic rings. The van der Waals surface area contributed by atoms with Crippen LogP contribution in [0.2, 0.25) is 5.02 Å². The summed E-state index contributed by atoms with van der Waals surface area (Å²) in [5.74, 6) is -1.71. The number of benzene rings is 2. The Morgan fingerprint density at radius 3 is 2.04 bits per heavy atom. The van der Waals surface area contributed by atoms with Crippen molar-refractivity contribution in [3.8, 4) is 0 Å². The number of halogens is 1. The average molecular weight is 365 g/mol. The zero-order valence-corrected chi connectivity index (χ0v) is 13.0. The molecule has 0 unspecified atom stereocenters. The van der Waals surface area contributed by atoms with Crippen LogP contribution < -0.4 is 11.1 Å². The molecule has 0 saturated heterocycles. The van der Waals surface area contributed by atoms with E-state index in [4.69, 9.17) is 17.3 Å². The number of anilines is 1. The highest BCUT2D eigenvalue weighted by Gasteiger charge is 2.27. The molecular formula is C14H9ClN4O6. The van der Waals surface area contributed by atoms with Gasteiger partial charge >= 0.3 is 0 Å². The first-order valence-electron chi connectivity index (χ1n) is 6.55. The van der Waals surface area contributed by atoms with Gasteiger partial charge in [-0.3, -0.25) is 29.8 Å². The molecule has 0 spiro atoms. The molecule has 0 radical (unpaired) electrons. The van der Waals surface area contributed by atoms with E-state index in [-0.39, 0.29) is 16.8 Å². The minimum absolute atomic E-state index is 0.00816. The molecule has 2 amide bonds. The molecule has 0 saturated carbocycles. The maximum atomic E-state index is 12.3. The van der Waals surface area contributed by atoms with E-state index < -0.39 is 38.1 Å². The molecule has 2 rings (SSSR count). The van der Waals surface area contributed by atoms with Gasteiger partial charge in [-0.25, -0.2) is 0 Å². The second-order valence-electron chi connectivity index (χ2n) is 4.71. The van der Waals surface area contributed by atoms with Crippen LogP contribution in [0, 0.1) is 20.2 Å². The van der Waals surface area contributed by atoms with Gasteiger partial charge in [0.2, 0.25) is 0 Å². The summed E-state index contributed by atoms with van der Waals surface area (Å²) in [5.41, 5.74) is 3.31. The van der Waals surface area contributed by atoms with Crippen LogP contribution >= 0.6 is 11.6 Å². The van der Waals surface area contributed by atoms with Crippen LogP contribution in [0.1, 0.15) is 20.7 Å². The first kappa shape index (κ1) is 17.8. The number of carbonyl (C=O) groups excluding carboxylic acids is 2. The van der Waals surface area contributed by atoms with E-state index in [0.29, 0.717) is 0 Å². The number of para-hydroxylation sites is 1. The minimum atomic E-state index is -0.941. The van der Waals surface area contributed by atoms with Gasteiger partial charge in [-0.1, -0.05) is 23.7 Å². The summed E-state index contributed by atoms with van der Waals surface area (Å²) < 4.78 is 0. The van der Waals surface area contributed by atoms with Crippen LogP contribution in [0.5, 0.6) is 0 Å². The van der Waals surface area contributed by atoms with Crippen molar-refractivity contribution < 1.29 is 19.4 Å². The van der Waals surface area contributed by atoms with Crippen molar-refractivity contribution in [3.05, 3.63) is 72.8 Å². The minimum Gasteiger partial charge on any atom is -0.366 e. The Balaban J connectivity index is 2.48. The van der Waals surface area contributed by atoms with E-state index in [1.54, 1.807) is 0 Å². The topological polar surface area (TPSA) is 158 Å². The molecule has 0 aliphatic carbocycles. The summed E-state index contributed by atoms with van der Waals surface area (Å²) in [5, 5.41) is 23.6. The van der Waals surface area contributed by atoms with Crippen molar-refractivity contribution in [2.75, 3.05) is 5.32 Å². The molecule has 0 aliphatic heterocycles. The number of nitro groups is 2. The lowest BCUT2D eigenvalue weighted by molar-refractivity contribution is -0.393. The van der Waals surface area contributed by atoms with Gasteiger partial charge in [-0.2, -0.15) is 0 Å². The molecule has 3 N–H and O–H groups in total. The third-order valence-corrected chi connectivity index (χ3v) is 3.52. The van der Waals surface area contributed by atoms with E-state index >= 15 is 0 Å². The first-order valence-corrected chi connectivity index (χ1v) is 6.92. The van der Waals surface area contributed by atoms with Crippen molar-refractivity contribution in [3.63, 3.8) is 0 Å². The monoisotopic (exact) mass is 364 g/mol. The average Bonchev–Trinajstić information content (AvgIpc) is 2.54. The Kier molecular flexibility index (Phi) is 4.94. The number of nitrogens with one attached hydrogen (secondary N) is 1. The molecular weight excluding hydrogens is 356 g/mol. The van der Waals surface area contributed by atoms with Gasteiger partial charge in [0.25, 0.3) is 23.2 Å². The third kappa shape index (κ3) is 3.70. The molecule has 10 nitrogen and oxygen atoms in total. The molecule has 25 heavy (non-hydrogen) atoms. The summed E-state index contributed by atoms with van der Waals surface area (Å²) in [6.07, 6.45) is 0. The zero-order chi connectivity index (χ0) is 18.7. The highest BCUT2D eigenvalue weighted by atomic mass is 35.5. The van der Waals surface area contributed by atoms with Crippen LogP contribution in [0.15, 0.2) is 36.4 Å². The first-order chi connectivity index (χ1) is 11.7. The normalized spacial score (nSPS) is 10.1. The van der Waals surface area contributed by atoms with Crippen molar-refractivity contribution >= 4 is 40.5 Å². The maximum Gasteiger partial charge on any atom is 0.295 e. The molecule has 0 heterocycles. The number of amides is 2. The Hall–Kier alpha value is -3.53. The standard InChI is InChI=1S/C14H9ClN4O6/c15-12-10(18(22)23)5-7(6-11(12)19(24)25)14(21)17-9-4-2-1-3-8(9)13(16)20/h1-6H,(H2,16,20)(H,17,21). The zero-order valence-electron chi connectivity index (χ0n) is 12.3. The largest absolute Gasteiger partial charge is 0.366 e. The number of nitrogens with zero attached hydrogens (tertiary/aromatic N) is 2. The van der Waals surface area contributed by atoms with Crippen LogP contribution in [0.4, 0.5) is 17.1 Å². The second kappa shape index (κ2) is 6.93. The quantitative estimate of drug-likeness (QED) is 0.612. The highest BCUT2D eigenvalue weighted by molar-refractivity contribution is 6.35. The van der Waals surface area contributed by atoms with E-state index in [9.17, 15) is 29.8 Å². The lowest BCUT2D eigenvalue weighted by Crippen LogP contribution is -2.18. The predicted octanol–water partition coefficient (Wildman–Crippen LogP) is 2.51. The van der Waals surface area contributed by atoms with Crippen molar-refractivity contribution in [1.82, 2.24) is 0 Å². The van der Waals surface area contributed by atoms with Gasteiger partial charge in [0.15, 0.2) is 5.02 Å². The number of nitrogens with two attached hydrogens (primary N) is 1. The summed E-state index contributed by atoms with van der Waals surface area (Å²) in [6, 6.07) is 7.40. The summed E-state index contributed by atoms with van der Waals surface area (Å²) in [4.78, 5) is 43.7. The molecule has 0 atom stereocenters. The number of rotatable bonds is 5. The highest BCUT2D eigenvalue weighted by Crippen LogP contribution is 2.35. The Morgan fingerprint density at radius 1 is 1.04 bits per heavy atom. The summed E-state index contributed by atoms with van der Waals surface area (Å²) in [6.45, 7) is 0. The fourth-order valence-corrected chi connectivity index (χ4v) is 2.24. The number of carbonyl (C=O) groups is 2. The summed E-state index contributed by atoms with van der Waals surface area (Å²) in [7, 11) is 0. The van der Waals surface area contributed by atoms with E-state index in [2.05, 4.69) is 5.32 Å². The van der Waals surface area contributed by atoms with Crippen LogP contribution in [-0.2, 0) is 0 Å². The second-order valence-corrected chi connectivity index (χ2v) is 5.08. The molecule has 128 valence electrons. The predicted molar refractivity (Wildman–Crippen MR) is 87.7 cm³/mol.